The summed E-state index contributed by atoms with van der Waals surface area (Å²) < 4.78 is 11.0. The lowest BCUT2D eigenvalue weighted by Crippen LogP contribution is -2.23. The molecule has 7 nitrogen and oxygen atoms in total. The number of H-pyrrole nitrogens is 1. The van der Waals surface area contributed by atoms with Crippen LogP contribution in [0.2, 0.25) is 0 Å². The number of rotatable bonds is 6. The molecule has 0 saturated heterocycles. The van der Waals surface area contributed by atoms with Gasteiger partial charge in [0, 0.05) is 24.3 Å². The minimum atomic E-state index is -0.228. The largest absolute Gasteiger partial charge is 0.495 e. The molecule has 5 aromatic rings. The first-order chi connectivity index (χ1) is 15.7. The van der Waals surface area contributed by atoms with Crippen LogP contribution < -0.4 is 10.1 Å². The van der Waals surface area contributed by atoms with E-state index in [1.807, 2.05) is 54.6 Å². The van der Waals surface area contributed by atoms with E-state index in [-0.39, 0.29) is 5.91 Å². The highest BCUT2D eigenvalue weighted by atomic mass is 16.5. The Balaban J connectivity index is 1.45. The second kappa shape index (κ2) is 8.39. The lowest BCUT2D eigenvalue weighted by molar-refractivity contribution is 0.0948. The number of nitrogens with one attached hydrogen (secondary N) is 2. The summed E-state index contributed by atoms with van der Waals surface area (Å²) in [6.07, 6.45) is 8.96. The highest BCUT2D eigenvalue weighted by Gasteiger charge is 2.18. The molecule has 0 radical (unpaired) electrons. The summed E-state index contributed by atoms with van der Waals surface area (Å²) in [5.74, 6) is 0.249. The van der Waals surface area contributed by atoms with Crippen molar-refractivity contribution in [2.45, 2.75) is 6.54 Å². The molecule has 0 atom stereocenters. The molecular formula is C25H20N4O3. The van der Waals surface area contributed by atoms with Crippen molar-refractivity contribution in [2.75, 3.05) is 7.11 Å². The summed E-state index contributed by atoms with van der Waals surface area (Å²) in [6.45, 7) is 0.377. The number of pyridine rings is 1. The fraction of sp³-hybridized carbons (Fsp3) is 0.0800. The number of carbonyl (C=O) groups is 1. The van der Waals surface area contributed by atoms with Crippen LogP contribution in [0.4, 0.5) is 0 Å². The monoisotopic (exact) mass is 424 g/mol. The molecule has 158 valence electrons. The van der Waals surface area contributed by atoms with Gasteiger partial charge in [0.1, 0.15) is 11.3 Å². The van der Waals surface area contributed by atoms with E-state index < -0.39 is 0 Å². The maximum atomic E-state index is 12.9. The highest BCUT2D eigenvalue weighted by molar-refractivity contribution is 6.05. The molecule has 7 heteroatoms. The van der Waals surface area contributed by atoms with Gasteiger partial charge >= 0.3 is 0 Å². The Morgan fingerprint density at radius 2 is 2.12 bits per heavy atom. The number of amides is 1. The van der Waals surface area contributed by atoms with Crippen LogP contribution in [0.5, 0.6) is 5.75 Å². The molecule has 0 aliphatic heterocycles. The summed E-state index contributed by atoms with van der Waals surface area (Å²) in [5, 5.41) is 12.1. The van der Waals surface area contributed by atoms with Crippen LogP contribution in [0, 0.1) is 0 Å². The van der Waals surface area contributed by atoms with Crippen LogP contribution in [0.1, 0.15) is 27.2 Å². The molecule has 3 aromatic heterocycles. The Hall–Kier alpha value is -4.39. The van der Waals surface area contributed by atoms with Crippen molar-refractivity contribution in [1.82, 2.24) is 20.5 Å². The van der Waals surface area contributed by atoms with E-state index in [1.54, 1.807) is 31.8 Å². The topological polar surface area (TPSA) is 93.0 Å². The number of hydrogen-bond acceptors (Lipinski definition) is 5. The number of furan rings is 1. The van der Waals surface area contributed by atoms with Crippen molar-refractivity contribution in [3.05, 3.63) is 89.6 Å². The van der Waals surface area contributed by atoms with Crippen molar-refractivity contribution in [1.29, 1.82) is 0 Å². The van der Waals surface area contributed by atoms with E-state index in [0.29, 0.717) is 23.6 Å². The quantitative estimate of drug-likeness (QED) is 0.408. The van der Waals surface area contributed by atoms with E-state index in [0.717, 1.165) is 33.0 Å². The molecule has 3 heterocycles. The summed E-state index contributed by atoms with van der Waals surface area (Å²) in [4.78, 5) is 17.0. The Morgan fingerprint density at radius 3 is 2.97 bits per heavy atom. The van der Waals surface area contributed by atoms with Gasteiger partial charge < -0.3 is 14.5 Å². The third kappa shape index (κ3) is 3.72. The van der Waals surface area contributed by atoms with Crippen LogP contribution in [-0.4, -0.2) is 28.2 Å². The number of benzene rings is 2. The number of aromatic nitrogens is 3. The van der Waals surface area contributed by atoms with Gasteiger partial charge in [-0.25, -0.2) is 0 Å². The molecule has 0 aliphatic carbocycles. The van der Waals surface area contributed by atoms with Gasteiger partial charge in [0.05, 0.1) is 35.5 Å². The number of hydrogen-bond donors (Lipinski definition) is 2. The van der Waals surface area contributed by atoms with E-state index in [2.05, 4.69) is 20.5 Å². The van der Waals surface area contributed by atoms with Crippen LogP contribution in [0.15, 0.2) is 71.6 Å². The van der Waals surface area contributed by atoms with Crippen molar-refractivity contribution < 1.29 is 13.9 Å². The fourth-order valence-electron chi connectivity index (χ4n) is 3.66. The predicted octanol–water partition coefficient (Wildman–Crippen LogP) is 4.81. The lowest BCUT2D eigenvalue weighted by atomic mass is 10.1. The van der Waals surface area contributed by atoms with E-state index in [1.165, 1.54) is 0 Å². The van der Waals surface area contributed by atoms with Crippen LogP contribution in [-0.2, 0) is 6.54 Å². The summed E-state index contributed by atoms with van der Waals surface area (Å²) in [5.41, 5.74) is 4.69. The highest BCUT2D eigenvalue weighted by Crippen LogP contribution is 2.32. The van der Waals surface area contributed by atoms with Crippen molar-refractivity contribution in [3.8, 4) is 5.75 Å². The predicted molar refractivity (Wildman–Crippen MR) is 123 cm³/mol. The maximum absolute atomic E-state index is 12.9. The summed E-state index contributed by atoms with van der Waals surface area (Å²) in [7, 11) is 1.56. The third-order valence-corrected chi connectivity index (χ3v) is 5.25. The Kier molecular flexibility index (Phi) is 5.13. The average molecular weight is 424 g/mol. The molecule has 0 unspecified atom stereocenters. The lowest BCUT2D eigenvalue weighted by Gasteiger charge is -2.11. The molecule has 0 fully saturated rings. The molecule has 0 saturated carbocycles. The van der Waals surface area contributed by atoms with Crippen molar-refractivity contribution in [3.63, 3.8) is 0 Å². The van der Waals surface area contributed by atoms with E-state index in [9.17, 15) is 4.79 Å². The molecule has 5 rings (SSSR count). The van der Waals surface area contributed by atoms with Crippen LogP contribution in [0.25, 0.3) is 34.0 Å². The molecule has 0 bridgehead atoms. The third-order valence-electron chi connectivity index (χ3n) is 5.25. The van der Waals surface area contributed by atoms with Gasteiger partial charge in [0.25, 0.3) is 5.91 Å². The number of nitrogens with zero attached hydrogens (tertiary/aromatic N) is 2. The molecular weight excluding hydrogens is 404 g/mol. The molecule has 2 aromatic carbocycles. The van der Waals surface area contributed by atoms with E-state index >= 15 is 0 Å². The molecule has 1 amide bonds. The van der Waals surface area contributed by atoms with Gasteiger partial charge in [-0.3, -0.25) is 14.9 Å². The molecule has 0 aliphatic rings. The molecule has 32 heavy (non-hydrogen) atoms. The smallest absolute Gasteiger partial charge is 0.255 e. The average Bonchev–Trinajstić information content (AvgIpc) is 3.47. The Bertz CT molecular complexity index is 1430. The first kappa shape index (κ1) is 19.6. The zero-order valence-electron chi connectivity index (χ0n) is 17.3. The fourth-order valence-corrected chi connectivity index (χ4v) is 3.66. The van der Waals surface area contributed by atoms with Crippen molar-refractivity contribution in [2.24, 2.45) is 0 Å². The second-order valence-corrected chi connectivity index (χ2v) is 7.27. The minimum Gasteiger partial charge on any atom is -0.495 e. The minimum absolute atomic E-state index is 0.228. The number of fused-ring (bicyclic) bond motifs is 2. The van der Waals surface area contributed by atoms with Gasteiger partial charge in [-0.2, -0.15) is 5.10 Å². The Morgan fingerprint density at radius 1 is 1.19 bits per heavy atom. The van der Waals surface area contributed by atoms with Gasteiger partial charge in [-0.1, -0.05) is 18.2 Å². The number of methoxy groups -OCH3 is 1. The molecule has 0 spiro atoms. The van der Waals surface area contributed by atoms with Crippen molar-refractivity contribution >= 4 is 39.9 Å². The van der Waals surface area contributed by atoms with Gasteiger partial charge in [-0.15, -0.1) is 0 Å². The van der Waals surface area contributed by atoms with E-state index in [4.69, 9.17) is 9.15 Å². The van der Waals surface area contributed by atoms with Gasteiger partial charge in [-0.05, 0) is 53.6 Å². The molecule has 2 N–H and O–H groups in total. The Labute approximate surface area is 183 Å². The first-order valence-corrected chi connectivity index (χ1v) is 10.1. The first-order valence-electron chi connectivity index (χ1n) is 10.1. The standard InChI is InChI=1S/C25H20N4O3/c1-31-24-19(25(30)27-15-17-3-2-11-26-14-17)6-8-21-23(24)20(28-29-21)7-4-16-5-9-22-18(13-16)10-12-32-22/h2-14H,15H2,1H3,(H,27,30)(H,28,29)/b7-4+. The summed E-state index contributed by atoms with van der Waals surface area (Å²) >= 11 is 0. The van der Waals surface area contributed by atoms with Crippen LogP contribution >= 0.6 is 0 Å². The second-order valence-electron chi connectivity index (χ2n) is 7.27. The van der Waals surface area contributed by atoms with Gasteiger partial charge in [0.2, 0.25) is 0 Å². The normalized spacial score (nSPS) is 11.4. The number of carbonyl (C=O) groups excluding carboxylic acids is 1. The summed E-state index contributed by atoms with van der Waals surface area (Å²) in [6, 6.07) is 15.2. The zero-order chi connectivity index (χ0) is 21.9. The number of aromatic amines is 1. The zero-order valence-corrected chi connectivity index (χ0v) is 17.3. The van der Waals surface area contributed by atoms with Crippen LogP contribution in [0.3, 0.4) is 0 Å². The SMILES string of the molecule is COc1c(C(=O)NCc2cccnc2)ccc2[nH]nc(/C=C/c3ccc4occc4c3)c12. The number of ether oxygens (including phenoxy) is 1. The van der Waals surface area contributed by atoms with Gasteiger partial charge in [0.15, 0.2) is 0 Å². The maximum Gasteiger partial charge on any atom is 0.255 e.